The Morgan fingerprint density at radius 1 is 1.12 bits per heavy atom. The van der Waals surface area contributed by atoms with Gasteiger partial charge in [0, 0.05) is 18.0 Å². The van der Waals surface area contributed by atoms with Crippen molar-refractivity contribution >= 4 is 11.3 Å². The number of thiophene rings is 1. The van der Waals surface area contributed by atoms with Crippen LogP contribution in [0.4, 0.5) is 0 Å². The van der Waals surface area contributed by atoms with Gasteiger partial charge in [0.05, 0.1) is 0 Å². The van der Waals surface area contributed by atoms with Gasteiger partial charge in [0.2, 0.25) is 0 Å². The molecule has 0 aliphatic rings. The molecule has 2 aromatic rings. The van der Waals surface area contributed by atoms with E-state index >= 15 is 0 Å². The fourth-order valence-corrected chi connectivity index (χ4v) is 2.40. The SMILES string of the molecule is C[C@H](CNCc1cccs1)c1ccccc1. The van der Waals surface area contributed by atoms with Crippen LogP contribution < -0.4 is 5.32 Å². The standard InChI is InChI=1S/C14H17NS/c1-12(13-6-3-2-4-7-13)10-15-11-14-8-5-9-16-14/h2-9,12,15H,10-11H2,1H3/t12-/m1/s1. The van der Waals surface area contributed by atoms with E-state index in [-0.39, 0.29) is 0 Å². The van der Waals surface area contributed by atoms with E-state index in [0.29, 0.717) is 5.92 Å². The molecular formula is C14H17NS. The van der Waals surface area contributed by atoms with Crippen LogP contribution in [0, 0.1) is 0 Å². The van der Waals surface area contributed by atoms with E-state index in [1.807, 2.05) is 11.3 Å². The van der Waals surface area contributed by atoms with Gasteiger partial charge in [0.15, 0.2) is 0 Å². The Bertz CT molecular complexity index is 394. The summed E-state index contributed by atoms with van der Waals surface area (Å²) in [5.41, 5.74) is 1.40. The van der Waals surface area contributed by atoms with Crippen molar-refractivity contribution in [2.45, 2.75) is 19.4 Å². The van der Waals surface area contributed by atoms with Crippen molar-refractivity contribution in [3.05, 3.63) is 58.3 Å². The number of hydrogen-bond donors (Lipinski definition) is 1. The van der Waals surface area contributed by atoms with E-state index in [2.05, 4.69) is 60.1 Å². The first-order valence-corrected chi connectivity index (χ1v) is 6.52. The molecule has 1 nitrogen and oxygen atoms in total. The van der Waals surface area contributed by atoms with Crippen molar-refractivity contribution in [3.8, 4) is 0 Å². The van der Waals surface area contributed by atoms with Crippen LogP contribution in [0.5, 0.6) is 0 Å². The van der Waals surface area contributed by atoms with Gasteiger partial charge in [-0.2, -0.15) is 0 Å². The third-order valence-corrected chi connectivity index (χ3v) is 3.57. The van der Waals surface area contributed by atoms with Crippen molar-refractivity contribution in [3.63, 3.8) is 0 Å². The predicted molar refractivity (Wildman–Crippen MR) is 70.9 cm³/mol. The summed E-state index contributed by atoms with van der Waals surface area (Å²) in [6.45, 7) is 4.27. The van der Waals surface area contributed by atoms with Crippen LogP contribution in [-0.4, -0.2) is 6.54 Å². The molecule has 16 heavy (non-hydrogen) atoms. The summed E-state index contributed by atoms with van der Waals surface area (Å²) in [6, 6.07) is 14.9. The molecule has 0 saturated carbocycles. The van der Waals surface area contributed by atoms with Gasteiger partial charge in [-0.25, -0.2) is 0 Å². The van der Waals surface area contributed by atoms with E-state index in [0.717, 1.165) is 13.1 Å². The first kappa shape index (κ1) is 11.4. The van der Waals surface area contributed by atoms with Crippen LogP contribution in [-0.2, 0) is 6.54 Å². The van der Waals surface area contributed by atoms with Gasteiger partial charge >= 0.3 is 0 Å². The normalized spacial score (nSPS) is 12.6. The Kier molecular flexibility index (Phi) is 4.14. The molecule has 0 unspecified atom stereocenters. The Morgan fingerprint density at radius 3 is 2.62 bits per heavy atom. The topological polar surface area (TPSA) is 12.0 Å². The zero-order valence-electron chi connectivity index (χ0n) is 9.52. The number of hydrogen-bond acceptors (Lipinski definition) is 2. The Morgan fingerprint density at radius 2 is 1.94 bits per heavy atom. The Hall–Kier alpha value is -1.12. The average Bonchev–Trinajstić information content (AvgIpc) is 2.83. The first-order chi connectivity index (χ1) is 7.86. The number of nitrogens with one attached hydrogen (secondary N) is 1. The van der Waals surface area contributed by atoms with Crippen LogP contribution in [0.25, 0.3) is 0 Å². The second-order valence-corrected chi connectivity index (χ2v) is 5.05. The molecule has 1 aromatic carbocycles. The summed E-state index contributed by atoms with van der Waals surface area (Å²) < 4.78 is 0. The largest absolute Gasteiger partial charge is 0.311 e. The maximum absolute atomic E-state index is 3.50. The van der Waals surface area contributed by atoms with E-state index in [1.165, 1.54) is 10.4 Å². The molecule has 0 bridgehead atoms. The molecule has 1 heterocycles. The van der Waals surface area contributed by atoms with Crippen LogP contribution in [0.15, 0.2) is 47.8 Å². The smallest absolute Gasteiger partial charge is 0.0299 e. The van der Waals surface area contributed by atoms with Gasteiger partial charge in [0.25, 0.3) is 0 Å². The van der Waals surface area contributed by atoms with E-state index < -0.39 is 0 Å². The molecule has 84 valence electrons. The number of benzene rings is 1. The molecule has 0 amide bonds. The molecule has 2 rings (SSSR count). The highest BCUT2D eigenvalue weighted by atomic mass is 32.1. The third kappa shape index (κ3) is 3.19. The minimum absolute atomic E-state index is 0.571. The Balaban J connectivity index is 1.78. The van der Waals surface area contributed by atoms with Crippen molar-refractivity contribution in [2.24, 2.45) is 0 Å². The second kappa shape index (κ2) is 5.83. The summed E-state index contributed by atoms with van der Waals surface area (Å²) in [5.74, 6) is 0.571. The summed E-state index contributed by atoms with van der Waals surface area (Å²) in [4.78, 5) is 1.40. The molecule has 2 heteroatoms. The van der Waals surface area contributed by atoms with E-state index in [9.17, 15) is 0 Å². The average molecular weight is 231 g/mol. The molecule has 0 radical (unpaired) electrons. The van der Waals surface area contributed by atoms with Crippen molar-refractivity contribution in [1.82, 2.24) is 5.32 Å². The molecule has 1 N–H and O–H groups in total. The van der Waals surface area contributed by atoms with Gasteiger partial charge in [0.1, 0.15) is 0 Å². The van der Waals surface area contributed by atoms with Crippen molar-refractivity contribution in [2.75, 3.05) is 6.54 Å². The molecule has 0 aliphatic carbocycles. The lowest BCUT2D eigenvalue weighted by Crippen LogP contribution is -2.19. The number of rotatable bonds is 5. The van der Waals surface area contributed by atoms with Crippen LogP contribution >= 0.6 is 11.3 Å². The predicted octanol–water partition coefficient (Wildman–Crippen LogP) is 3.64. The lowest BCUT2D eigenvalue weighted by molar-refractivity contribution is 0.619. The zero-order chi connectivity index (χ0) is 11.2. The molecule has 1 aromatic heterocycles. The highest BCUT2D eigenvalue weighted by molar-refractivity contribution is 7.09. The summed E-state index contributed by atoms with van der Waals surface area (Å²) in [5, 5.41) is 5.62. The maximum atomic E-state index is 3.50. The lowest BCUT2D eigenvalue weighted by atomic mass is 10.0. The highest BCUT2D eigenvalue weighted by Crippen LogP contribution is 2.14. The maximum Gasteiger partial charge on any atom is 0.0299 e. The minimum atomic E-state index is 0.571. The summed E-state index contributed by atoms with van der Waals surface area (Å²) >= 11 is 1.81. The van der Waals surface area contributed by atoms with Crippen LogP contribution in [0.1, 0.15) is 23.3 Å². The molecule has 1 atom stereocenters. The quantitative estimate of drug-likeness (QED) is 0.828. The van der Waals surface area contributed by atoms with Gasteiger partial charge in [-0.15, -0.1) is 11.3 Å². The summed E-state index contributed by atoms with van der Waals surface area (Å²) in [6.07, 6.45) is 0. The summed E-state index contributed by atoms with van der Waals surface area (Å²) in [7, 11) is 0. The van der Waals surface area contributed by atoms with Crippen molar-refractivity contribution < 1.29 is 0 Å². The van der Waals surface area contributed by atoms with Crippen molar-refractivity contribution in [1.29, 1.82) is 0 Å². The first-order valence-electron chi connectivity index (χ1n) is 5.64. The molecule has 0 saturated heterocycles. The third-order valence-electron chi connectivity index (χ3n) is 2.70. The molecule has 0 spiro atoms. The second-order valence-electron chi connectivity index (χ2n) is 4.02. The fourth-order valence-electron chi connectivity index (χ4n) is 1.72. The highest BCUT2D eigenvalue weighted by Gasteiger charge is 2.03. The molecule has 0 aliphatic heterocycles. The van der Waals surface area contributed by atoms with Gasteiger partial charge < -0.3 is 5.32 Å². The zero-order valence-corrected chi connectivity index (χ0v) is 10.3. The lowest BCUT2D eigenvalue weighted by Gasteiger charge is -2.12. The van der Waals surface area contributed by atoms with E-state index in [4.69, 9.17) is 0 Å². The Labute approximate surface area is 101 Å². The monoisotopic (exact) mass is 231 g/mol. The van der Waals surface area contributed by atoms with Crippen LogP contribution in [0.2, 0.25) is 0 Å². The fraction of sp³-hybridized carbons (Fsp3) is 0.286. The van der Waals surface area contributed by atoms with Crippen LogP contribution in [0.3, 0.4) is 0 Å². The van der Waals surface area contributed by atoms with Gasteiger partial charge in [-0.3, -0.25) is 0 Å². The van der Waals surface area contributed by atoms with Gasteiger partial charge in [-0.05, 0) is 22.9 Å². The van der Waals surface area contributed by atoms with Gasteiger partial charge in [-0.1, -0.05) is 43.3 Å². The molecule has 0 fully saturated rings. The molecular weight excluding hydrogens is 214 g/mol. The minimum Gasteiger partial charge on any atom is -0.311 e. The van der Waals surface area contributed by atoms with E-state index in [1.54, 1.807) is 0 Å².